The molecule has 1 fully saturated rings. The first-order valence-electron chi connectivity index (χ1n) is 13.7. The molecule has 3 aliphatic rings. The number of carbonyl (C=O) groups is 1. The number of carbonyl (C=O) groups excluding carboxylic acids is 1. The molecule has 198 valence electrons. The van der Waals surface area contributed by atoms with Gasteiger partial charge in [-0.25, -0.2) is 9.24 Å². The number of fused-ring (bicyclic) bond motifs is 3. The molecule has 0 unspecified atom stereocenters. The van der Waals surface area contributed by atoms with Crippen molar-refractivity contribution in [2.45, 2.75) is 44.6 Å². The van der Waals surface area contributed by atoms with Gasteiger partial charge in [-0.05, 0) is 93.2 Å². The van der Waals surface area contributed by atoms with E-state index in [0.29, 0.717) is 17.1 Å². The molecule has 3 aromatic carbocycles. The lowest BCUT2D eigenvalue weighted by molar-refractivity contribution is 0.0976. The smallest absolute Gasteiger partial charge is 0.205 e. The molecule has 1 aliphatic carbocycles. The Balaban J connectivity index is 1.29. The van der Waals surface area contributed by atoms with Gasteiger partial charge in [0.15, 0.2) is 5.78 Å². The summed E-state index contributed by atoms with van der Waals surface area (Å²) in [5.41, 5.74) is 6.12. The van der Waals surface area contributed by atoms with Crippen LogP contribution in [-0.2, 0) is 6.42 Å². The summed E-state index contributed by atoms with van der Waals surface area (Å²) in [6.07, 6.45) is 5.71. The largest absolute Gasteiger partial charge is 0.303 e. The van der Waals surface area contributed by atoms with Gasteiger partial charge in [0.2, 0.25) is 5.69 Å². The van der Waals surface area contributed by atoms with Crippen LogP contribution in [0.25, 0.3) is 4.85 Å². The van der Waals surface area contributed by atoms with Crippen molar-refractivity contribution in [2.75, 3.05) is 24.6 Å². The molecule has 0 N–H and O–H groups in total. The Labute approximate surface area is 233 Å². The van der Waals surface area contributed by atoms with Gasteiger partial charge in [-0.15, -0.1) is 0 Å². The van der Waals surface area contributed by atoms with Crippen LogP contribution in [0.4, 0.5) is 15.8 Å². The average Bonchev–Trinajstić information content (AvgIpc) is 3.61. The molecule has 6 rings (SSSR count). The second kappa shape index (κ2) is 10.9. The van der Waals surface area contributed by atoms with E-state index in [1.165, 1.54) is 25.0 Å². The number of benzene rings is 3. The predicted molar refractivity (Wildman–Crippen MR) is 153 cm³/mol. The predicted octanol–water partition coefficient (Wildman–Crippen LogP) is 7.62. The van der Waals surface area contributed by atoms with Crippen molar-refractivity contribution >= 4 is 34.5 Å². The summed E-state index contributed by atoms with van der Waals surface area (Å²) >= 11 is 6.40. The highest BCUT2D eigenvalue weighted by molar-refractivity contribution is 6.33. The SMILES string of the molecule is [C-]#[N+]c1ccc(N2N=C3c4ccc(C(=O)CCCN5CCCC5)cc4CC[C@@H]3[C@@H]2c2ccc(F)cc2)cc1Cl. The van der Waals surface area contributed by atoms with E-state index < -0.39 is 0 Å². The van der Waals surface area contributed by atoms with Crippen LogP contribution in [0.2, 0.25) is 5.02 Å². The van der Waals surface area contributed by atoms with Crippen molar-refractivity contribution in [3.63, 3.8) is 0 Å². The third kappa shape index (κ3) is 5.09. The maximum Gasteiger partial charge on any atom is 0.205 e. The molecule has 0 amide bonds. The van der Waals surface area contributed by atoms with Gasteiger partial charge in [0.05, 0.1) is 24.0 Å². The Morgan fingerprint density at radius 1 is 1.08 bits per heavy atom. The number of hydrazone groups is 1. The number of likely N-dealkylation sites (tertiary alicyclic amines) is 1. The first kappa shape index (κ1) is 25.7. The van der Waals surface area contributed by atoms with Crippen LogP contribution in [0.3, 0.4) is 0 Å². The summed E-state index contributed by atoms with van der Waals surface area (Å²) in [6.45, 7) is 10.6. The molecule has 2 heterocycles. The van der Waals surface area contributed by atoms with Crippen LogP contribution < -0.4 is 5.01 Å². The quantitative estimate of drug-likeness (QED) is 0.229. The number of ketones is 1. The highest BCUT2D eigenvalue weighted by atomic mass is 35.5. The van der Waals surface area contributed by atoms with Gasteiger partial charge in [0, 0.05) is 28.5 Å². The normalized spacial score (nSPS) is 20.3. The van der Waals surface area contributed by atoms with Gasteiger partial charge in [0.1, 0.15) is 5.82 Å². The number of hydrogen-bond donors (Lipinski definition) is 0. The second-order valence-electron chi connectivity index (χ2n) is 10.7. The molecule has 0 spiro atoms. The molecule has 2 atom stereocenters. The first-order valence-corrected chi connectivity index (χ1v) is 14.1. The molecule has 2 aliphatic heterocycles. The van der Waals surface area contributed by atoms with Crippen molar-refractivity contribution in [1.29, 1.82) is 0 Å². The van der Waals surface area contributed by atoms with Gasteiger partial charge in [-0.2, -0.15) is 5.10 Å². The Hall–Kier alpha value is -3.53. The molecule has 5 nitrogen and oxygen atoms in total. The Kier molecular flexibility index (Phi) is 7.20. The molecule has 7 heteroatoms. The van der Waals surface area contributed by atoms with Crippen LogP contribution in [0.15, 0.2) is 65.8 Å². The lowest BCUT2D eigenvalue weighted by Crippen LogP contribution is -2.29. The molecular formula is C32H30ClFN4O. The third-order valence-electron chi connectivity index (χ3n) is 8.24. The van der Waals surface area contributed by atoms with E-state index in [4.69, 9.17) is 23.3 Å². The van der Waals surface area contributed by atoms with Gasteiger partial charge < -0.3 is 4.90 Å². The molecule has 0 radical (unpaired) electrons. The van der Waals surface area contributed by atoms with Crippen LogP contribution in [-0.4, -0.2) is 36.0 Å². The summed E-state index contributed by atoms with van der Waals surface area (Å²) < 4.78 is 13.8. The van der Waals surface area contributed by atoms with Crippen molar-refractivity contribution in [2.24, 2.45) is 11.0 Å². The Morgan fingerprint density at radius 3 is 2.62 bits per heavy atom. The first-order chi connectivity index (χ1) is 19.0. The van der Waals surface area contributed by atoms with E-state index in [1.54, 1.807) is 12.1 Å². The van der Waals surface area contributed by atoms with Gasteiger partial charge in [-0.3, -0.25) is 9.80 Å². The molecule has 0 bridgehead atoms. The fraction of sp³-hybridized carbons (Fsp3) is 0.344. The average molecular weight is 541 g/mol. The highest BCUT2D eigenvalue weighted by Crippen LogP contribution is 2.46. The number of Topliss-reactive ketones (excluding diaryl/α,β-unsaturated/α-hetero) is 1. The van der Waals surface area contributed by atoms with Crippen molar-refractivity contribution in [3.8, 4) is 0 Å². The molecule has 0 aromatic heterocycles. The van der Waals surface area contributed by atoms with E-state index in [1.807, 2.05) is 35.3 Å². The minimum Gasteiger partial charge on any atom is -0.303 e. The van der Waals surface area contributed by atoms with Crippen LogP contribution >= 0.6 is 11.6 Å². The number of halogens is 2. The zero-order valence-electron chi connectivity index (χ0n) is 21.7. The van der Waals surface area contributed by atoms with E-state index in [2.05, 4.69) is 15.8 Å². The summed E-state index contributed by atoms with van der Waals surface area (Å²) in [5.74, 6) is 0.0256. The van der Waals surface area contributed by atoms with E-state index in [-0.39, 0.29) is 23.6 Å². The van der Waals surface area contributed by atoms with Gasteiger partial charge in [0.25, 0.3) is 0 Å². The standard InChI is InChI=1S/C32H30ClFN4O/c1-35-29-15-12-25(20-28(29)33)38-32(21-6-10-24(34)11-7-21)27-14-8-22-19-23(9-13-26(22)31(27)36-38)30(39)5-4-18-37-16-2-3-17-37/h6-7,9-13,15,19-20,27,32H,2-5,8,14,16-18H2/t27-,32-/m0/s1. The maximum absolute atomic E-state index is 13.8. The second-order valence-corrected chi connectivity index (χ2v) is 11.1. The summed E-state index contributed by atoms with van der Waals surface area (Å²) in [5, 5.41) is 7.43. The van der Waals surface area contributed by atoms with Crippen molar-refractivity contribution in [1.82, 2.24) is 4.90 Å². The summed E-state index contributed by atoms with van der Waals surface area (Å²) in [7, 11) is 0. The van der Waals surface area contributed by atoms with E-state index in [9.17, 15) is 9.18 Å². The number of hydrogen-bond acceptors (Lipinski definition) is 4. The fourth-order valence-corrected chi connectivity index (χ4v) is 6.47. The zero-order valence-corrected chi connectivity index (χ0v) is 22.5. The molecule has 1 saturated heterocycles. The third-order valence-corrected chi connectivity index (χ3v) is 8.55. The Bertz CT molecular complexity index is 1470. The van der Waals surface area contributed by atoms with Crippen LogP contribution in [0, 0.1) is 18.3 Å². The summed E-state index contributed by atoms with van der Waals surface area (Å²) in [4.78, 5) is 18.9. The number of anilines is 1. The lowest BCUT2D eigenvalue weighted by atomic mass is 9.76. The monoisotopic (exact) mass is 540 g/mol. The molecule has 39 heavy (non-hydrogen) atoms. The molecule has 0 saturated carbocycles. The number of nitrogens with zero attached hydrogens (tertiary/aromatic N) is 4. The minimum atomic E-state index is -0.277. The minimum absolute atomic E-state index is 0.101. The fourth-order valence-electron chi connectivity index (χ4n) is 6.25. The summed E-state index contributed by atoms with van der Waals surface area (Å²) in [6, 6.07) is 17.9. The van der Waals surface area contributed by atoms with E-state index in [0.717, 1.165) is 72.5 Å². The molecule has 3 aromatic rings. The zero-order chi connectivity index (χ0) is 26.9. The van der Waals surface area contributed by atoms with Crippen LogP contribution in [0.1, 0.15) is 65.2 Å². The number of aryl methyl sites for hydroxylation is 1. The van der Waals surface area contributed by atoms with Crippen LogP contribution in [0.5, 0.6) is 0 Å². The van der Waals surface area contributed by atoms with Gasteiger partial charge in [-0.1, -0.05) is 41.9 Å². The van der Waals surface area contributed by atoms with Gasteiger partial charge >= 0.3 is 0 Å². The Morgan fingerprint density at radius 2 is 1.87 bits per heavy atom. The van der Waals surface area contributed by atoms with E-state index >= 15 is 0 Å². The maximum atomic E-state index is 13.8. The highest BCUT2D eigenvalue weighted by Gasteiger charge is 2.42. The molecular weight excluding hydrogens is 511 g/mol. The topological polar surface area (TPSA) is 40.3 Å². The van der Waals surface area contributed by atoms with Crippen molar-refractivity contribution < 1.29 is 9.18 Å². The van der Waals surface area contributed by atoms with Crippen molar-refractivity contribution in [3.05, 3.63) is 105 Å². The number of rotatable bonds is 7. The lowest BCUT2D eigenvalue weighted by Gasteiger charge is -2.31.